The Morgan fingerprint density at radius 2 is 1.71 bits per heavy atom. The zero-order valence-electron chi connectivity index (χ0n) is 14.3. The third-order valence-electron chi connectivity index (χ3n) is 4.49. The molecule has 3 aromatic rings. The zero-order valence-corrected chi connectivity index (χ0v) is 14.3. The first-order valence-corrected chi connectivity index (χ1v) is 7.71. The van der Waals surface area contributed by atoms with Gasteiger partial charge in [-0.15, -0.1) is 0 Å². The highest BCUT2D eigenvalue weighted by Gasteiger charge is 2.25. The zero-order chi connectivity index (χ0) is 17.6. The molecule has 2 aromatic heterocycles. The van der Waals surface area contributed by atoms with E-state index in [9.17, 15) is 9.59 Å². The molecule has 0 saturated heterocycles. The average molecular weight is 327 g/mol. The van der Waals surface area contributed by atoms with Crippen LogP contribution < -0.4 is 17.0 Å². The van der Waals surface area contributed by atoms with E-state index in [1.165, 1.54) is 11.6 Å². The lowest BCUT2D eigenvalue weighted by Gasteiger charge is -2.26. The molecule has 0 unspecified atom stereocenters. The van der Waals surface area contributed by atoms with Gasteiger partial charge in [-0.2, -0.15) is 4.98 Å². The molecule has 126 valence electrons. The Bertz CT molecular complexity index is 1030. The second-order valence-electron chi connectivity index (χ2n) is 6.68. The number of hydrogen-bond acceptors (Lipinski definition) is 4. The van der Waals surface area contributed by atoms with Gasteiger partial charge in [0.15, 0.2) is 11.2 Å². The van der Waals surface area contributed by atoms with Crippen molar-refractivity contribution in [3.63, 3.8) is 0 Å². The summed E-state index contributed by atoms with van der Waals surface area (Å²) < 4.78 is 4.12. The van der Waals surface area contributed by atoms with Crippen LogP contribution in [0.5, 0.6) is 0 Å². The Kier molecular flexibility index (Phi) is 3.59. The number of hydrogen-bond donors (Lipinski definition) is 1. The number of benzene rings is 1. The van der Waals surface area contributed by atoms with Crippen molar-refractivity contribution in [2.75, 3.05) is 5.73 Å². The van der Waals surface area contributed by atoms with Crippen molar-refractivity contribution in [3.05, 3.63) is 56.7 Å². The second kappa shape index (κ2) is 5.36. The van der Waals surface area contributed by atoms with Crippen molar-refractivity contribution in [2.45, 2.75) is 25.8 Å². The van der Waals surface area contributed by atoms with Gasteiger partial charge in [-0.1, -0.05) is 44.2 Å². The maximum Gasteiger partial charge on any atom is 0.332 e. The van der Waals surface area contributed by atoms with Crippen LogP contribution in [0.3, 0.4) is 0 Å². The molecule has 24 heavy (non-hydrogen) atoms. The van der Waals surface area contributed by atoms with Gasteiger partial charge in [0.2, 0.25) is 5.95 Å². The van der Waals surface area contributed by atoms with Gasteiger partial charge >= 0.3 is 5.69 Å². The minimum absolute atomic E-state index is 0.229. The molecule has 0 aliphatic heterocycles. The Morgan fingerprint density at radius 3 is 2.33 bits per heavy atom. The van der Waals surface area contributed by atoms with E-state index in [0.717, 1.165) is 10.1 Å². The predicted molar refractivity (Wildman–Crippen MR) is 94.1 cm³/mol. The van der Waals surface area contributed by atoms with E-state index in [1.807, 2.05) is 30.3 Å². The number of anilines is 1. The largest absolute Gasteiger partial charge is 0.369 e. The van der Waals surface area contributed by atoms with Crippen molar-refractivity contribution in [2.24, 2.45) is 14.1 Å². The first-order valence-electron chi connectivity index (χ1n) is 7.71. The number of nitrogen functional groups attached to an aromatic ring is 1. The van der Waals surface area contributed by atoms with Crippen LogP contribution in [0.25, 0.3) is 11.2 Å². The van der Waals surface area contributed by atoms with Gasteiger partial charge in [0.25, 0.3) is 5.56 Å². The molecule has 1 aromatic carbocycles. The minimum atomic E-state index is -0.417. The van der Waals surface area contributed by atoms with E-state index in [-0.39, 0.29) is 16.9 Å². The van der Waals surface area contributed by atoms with E-state index in [0.29, 0.717) is 17.7 Å². The number of nitrogens with two attached hydrogens (primary N) is 1. The normalized spacial score (nSPS) is 12.0. The summed E-state index contributed by atoms with van der Waals surface area (Å²) in [4.78, 5) is 28.9. The molecule has 7 heteroatoms. The SMILES string of the molecule is Cn1c(=O)c2c(nc(N)n2CC(C)(C)c2ccccc2)n(C)c1=O. The highest BCUT2D eigenvalue weighted by atomic mass is 16.2. The molecule has 2 heterocycles. The molecule has 0 radical (unpaired) electrons. The number of rotatable bonds is 3. The summed E-state index contributed by atoms with van der Waals surface area (Å²) in [6.45, 7) is 4.65. The lowest BCUT2D eigenvalue weighted by molar-refractivity contribution is 0.444. The van der Waals surface area contributed by atoms with Crippen LogP contribution in [0.1, 0.15) is 19.4 Å². The van der Waals surface area contributed by atoms with E-state index in [1.54, 1.807) is 11.6 Å². The summed E-state index contributed by atoms with van der Waals surface area (Å²) >= 11 is 0. The standard InChI is InChI=1S/C17H21N5O2/c1-17(2,11-8-6-5-7-9-11)10-22-12-13(19-15(22)18)20(3)16(24)21(4)14(12)23/h5-9H,10H2,1-4H3,(H2,18,19). The van der Waals surface area contributed by atoms with Crippen LogP contribution in [0.2, 0.25) is 0 Å². The maximum absolute atomic E-state index is 12.6. The molecule has 0 fully saturated rings. The summed E-state index contributed by atoms with van der Waals surface area (Å²) in [6, 6.07) is 10.0. The smallest absolute Gasteiger partial charge is 0.332 e. The fraction of sp³-hybridized carbons (Fsp3) is 0.353. The Labute approximate surface area is 139 Å². The summed E-state index contributed by atoms with van der Waals surface area (Å²) in [5.74, 6) is 0.229. The molecule has 3 rings (SSSR count). The molecule has 0 aliphatic carbocycles. The fourth-order valence-corrected chi connectivity index (χ4v) is 3.00. The van der Waals surface area contributed by atoms with E-state index < -0.39 is 5.69 Å². The Hall–Kier alpha value is -2.83. The fourth-order valence-electron chi connectivity index (χ4n) is 3.00. The topological polar surface area (TPSA) is 87.8 Å². The number of imidazole rings is 1. The third-order valence-corrected chi connectivity index (χ3v) is 4.49. The monoisotopic (exact) mass is 327 g/mol. The van der Waals surface area contributed by atoms with E-state index in [2.05, 4.69) is 18.8 Å². The van der Waals surface area contributed by atoms with E-state index >= 15 is 0 Å². The molecule has 0 atom stereocenters. The van der Waals surface area contributed by atoms with Crippen LogP contribution >= 0.6 is 0 Å². The molecule has 0 amide bonds. The molecule has 0 spiro atoms. The van der Waals surface area contributed by atoms with Crippen molar-refractivity contribution in [1.29, 1.82) is 0 Å². The molecule has 0 saturated carbocycles. The lowest BCUT2D eigenvalue weighted by atomic mass is 9.84. The summed E-state index contributed by atoms with van der Waals surface area (Å²) in [7, 11) is 3.04. The van der Waals surface area contributed by atoms with Gasteiger partial charge in [0, 0.05) is 26.1 Å². The van der Waals surface area contributed by atoms with Gasteiger partial charge < -0.3 is 10.3 Å². The first kappa shape index (κ1) is 16.0. The number of nitrogens with zero attached hydrogens (tertiary/aromatic N) is 4. The molecule has 7 nitrogen and oxygen atoms in total. The van der Waals surface area contributed by atoms with Gasteiger partial charge in [-0.3, -0.25) is 13.9 Å². The number of fused-ring (bicyclic) bond motifs is 1. The molecular formula is C17H21N5O2. The van der Waals surface area contributed by atoms with Crippen LogP contribution in [0.4, 0.5) is 5.95 Å². The van der Waals surface area contributed by atoms with Crippen molar-refractivity contribution < 1.29 is 0 Å². The summed E-state index contributed by atoms with van der Waals surface area (Å²) in [5, 5.41) is 0. The summed E-state index contributed by atoms with van der Waals surface area (Å²) in [5.41, 5.74) is 6.79. The molecular weight excluding hydrogens is 306 g/mol. The maximum atomic E-state index is 12.6. The molecule has 0 aliphatic rings. The lowest BCUT2D eigenvalue weighted by Crippen LogP contribution is -2.38. The highest BCUT2D eigenvalue weighted by molar-refractivity contribution is 5.73. The quantitative estimate of drug-likeness (QED) is 0.777. The predicted octanol–water partition coefficient (Wildman–Crippen LogP) is 0.994. The number of aryl methyl sites for hydroxylation is 1. The molecule has 2 N–H and O–H groups in total. The van der Waals surface area contributed by atoms with Crippen LogP contribution in [-0.2, 0) is 26.1 Å². The van der Waals surface area contributed by atoms with Crippen LogP contribution in [0.15, 0.2) is 39.9 Å². The third kappa shape index (κ3) is 2.33. The average Bonchev–Trinajstić information content (AvgIpc) is 2.88. The van der Waals surface area contributed by atoms with Crippen molar-refractivity contribution >= 4 is 17.1 Å². The van der Waals surface area contributed by atoms with Crippen molar-refractivity contribution in [1.82, 2.24) is 18.7 Å². The Balaban J connectivity index is 2.23. The van der Waals surface area contributed by atoms with Gasteiger partial charge in [0.05, 0.1) is 0 Å². The minimum Gasteiger partial charge on any atom is -0.369 e. The van der Waals surface area contributed by atoms with Crippen LogP contribution in [0, 0.1) is 0 Å². The second-order valence-corrected chi connectivity index (χ2v) is 6.68. The molecule has 0 bridgehead atoms. The summed E-state index contributed by atoms with van der Waals surface area (Å²) in [6.07, 6.45) is 0. The number of aromatic nitrogens is 4. The van der Waals surface area contributed by atoms with E-state index in [4.69, 9.17) is 5.73 Å². The highest BCUT2D eigenvalue weighted by Crippen LogP contribution is 2.27. The van der Waals surface area contributed by atoms with Crippen molar-refractivity contribution in [3.8, 4) is 0 Å². The van der Waals surface area contributed by atoms with Gasteiger partial charge in [-0.05, 0) is 5.56 Å². The Morgan fingerprint density at radius 1 is 1.08 bits per heavy atom. The first-order chi connectivity index (χ1) is 11.2. The van der Waals surface area contributed by atoms with Gasteiger partial charge in [0.1, 0.15) is 0 Å². The van der Waals surface area contributed by atoms with Crippen LogP contribution in [-0.4, -0.2) is 18.7 Å². The van der Waals surface area contributed by atoms with Gasteiger partial charge in [-0.25, -0.2) is 4.79 Å².